The Balaban J connectivity index is 2.37. The first-order chi connectivity index (χ1) is 7.22. The first-order valence-corrected chi connectivity index (χ1v) is 5.51. The van der Waals surface area contributed by atoms with E-state index in [0.717, 1.165) is 37.1 Å². The lowest BCUT2D eigenvalue weighted by Crippen LogP contribution is -2.11. The third-order valence-electron chi connectivity index (χ3n) is 2.96. The standard InChI is InChI=1S/C11H16N2O2/c1-2-8-9(7-11(14)15)12-13-6-4-3-5-10(8)13/h2-7H2,1H3,(H,14,15). The maximum atomic E-state index is 10.7. The monoisotopic (exact) mass is 208 g/mol. The van der Waals surface area contributed by atoms with Gasteiger partial charge in [0.1, 0.15) is 0 Å². The van der Waals surface area contributed by atoms with Crippen molar-refractivity contribution < 1.29 is 9.90 Å². The van der Waals surface area contributed by atoms with Crippen LogP contribution in [0.5, 0.6) is 0 Å². The Morgan fingerprint density at radius 3 is 3.00 bits per heavy atom. The molecule has 82 valence electrons. The highest BCUT2D eigenvalue weighted by Crippen LogP contribution is 2.22. The molecule has 2 heterocycles. The van der Waals surface area contributed by atoms with Crippen molar-refractivity contribution >= 4 is 5.97 Å². The molecule has 0 fully saturated rings. The molecule has 2 rings (SSSR count). The zero-order valence-electron chi connectivity index (χ0n) is 8.99. The molecular weight excluding hydrogens is 192 g/mol. The summed E-state index contributed by atoms with van der Waals surface area (Å²) in [5.74, 6) is -0.792. The first kappa shape index (κ1) is 10.2. The number of carboxylic acid groups (broad SMARTS) is 1. The molecule has 1 aromatic rings. The predicted molar refractivity (Wildman–Crippen MR) is 55.9 cm³/mol. The minimum absolute atomic E-state index is 0.0587. The van der Waals surface area contributed by atoms with Crippen LogP contribution in [0.15, 0.2) is 0 Å². The maximum absolute atomic E-state index is 10.7. The van der Waals surface area contributed by atoms with E-state index in [1.807, 2.05) is 4.68 Å². The number of aryl methyl sites for hydroxylation is 1. The molecule has 0 radical (unpaired) electrons. The van der Waals surface area contributed by atoms with Crippen LogP contribution in [0.2, 0.25) is 0 Å². The van der Waals surface area contributed by atoms with Gasteiger partial charge in [0.05, 0.1) is 12.1 Å². The quantitative estimate of drug-likeness (QED) is 0.817. The lowest BCUT2D eigenvalue weighted by molar-refractivity contribution is -0.136. The van der Waals surface area contributed by atoms with Crippen molar-refractivity contribution in [1.29, 1.82) is 0 Å². The Morgan fingerprint density at radius 2 is 2.33 bits per heavy atom. The largest absolute Gasteiger partial charge is 0.481 e. The highest BCUT2D eigenvalue weighted by Gasteiger charge is 2.20. The molecule has 0 aliphatic carbocycles. The van der Waals surface area contributed by atoms with E-state index in [-0.39, 0.29) is 6.42 Å². The van der Waals surface area contributed by atoms with Crippen molar-refractivity contribution in [3.63, 3.8) is 0 Å². The van der Waals surface area contributed by atoms with Crippen LogP contribution in [-0.4, -0.2) is 20.9 Å². The van der Waals surface area contributed by atoms with E-state index in [1.54, 1.807) is 0 Å². The van der Waals surface area contributed by atoms with E-state index >= 15 is 0 Å². The summed E-state index contributed by atoms with van der Waals surface area (Å²) in [6.45, 7) is 3.01. The third-order valence-corrected chi connectivity index (χ3v) is 2.96. The Kier molecular flexibility index (Phi) is 2.75. The second-order valence-electron chi connectivity index (χ2n) is 3.98. The average molecular weight is 208 g/mol. The molecule has 15 heavy (non-hydrogen) atoms. The zero-order chi connectivity index (χ0) is 10.8. The molecule has 1 aliphatic heterocycles. The minimum Gasteiger partial charge on any atom is -0.481 e. The summed E-state index contributed by atoms with van der Waals surface area (Å²) < 4.78 is 2.00. The van der Waals surface area contributed by atoms with Gasteiger partial charge < -0.3 is 5.11 Å². The lowest BCUT2D eigenvalue weighted by atomic mass is 10.0. The zero-order valence-corrected chi connectivity index (χ0v) is 8.99. The van der Waals surface area contributed by atoms with Gasteiger partial charge in [0, 0.05) is 12.2 Å². The molecule has 0 unspecified atom stereocenters. The van der Waals surface area contributed by atoms with Gasteiger partial charge in [-0.1, -0.05) is 6.92 Å². The number of aliphatic carboxylic acids is 1. The van der Waals surface area contributed by atoms with E-state index in [0.29, 0.717) is 0 Å². The number of hydrogen-bond acceptors (Lipinski definition) is 2. The topological polar surface area (TPSA) is 55.1 Å². The molecule has 0 spiro atoms. The fourth-order valence-corrected chi connectivity index (χ4v) is 2.30. The molecule has 0 saturated carbocycles. The fraction of sp³-hybridized carbons (Fsp3) is 0.636. The van der Waals surface area contributed by atoms with Gasteiger partial charge in [0.2, 0.25) is 0 Å². The normalized spacial score (nSPS) is 15.0. The molecule has 1 aliphatic rings. The number of carbonyl (C=O) groups is 1. The summed E-state index contributed by atoms with van der Waals surface area (Å²) in [6, 6.07) is 0. The van der Waals surface area contributed by atoms with Crippen molar-refractivity contribution in [3.8, 4) is 0 Å². The number of nitrogens with zero attached hydrogens (tertiary/aromatic N) is 2. The molecule has 0 saturated heterocycles. The summed E-state index contributed by atoms with van der Waals surface area (Å²) in [4.78, 5) is 10.7. The number of rotatable bonds is 3. The van der Waals surface area contributed by atoms with Crippen LogP contribution in [-0.2, 0) is 30.6 Å². The summed E-state index contributed by atoms with van der Waals surface area (Å²) in [5, 5.41) is 13.2. The summed E-state index contributed by atoms with van der Waals surface area (Å²) in [7, 11) is 0. The Labute approximate surface area is 88.9 Å². The Hall–Kier alpha value is -1.32. The molecular formula is C11H16N2O2. The number of carboxylic acids is 1. The van der Waals surface area contributed by atoms with Crippen LogP contribution < -0.4 is 0 Å². The van der Waals surface area contributed by atoms with E-state index in [4.69, 9.17) is 5.11 Å². The van der Waals surface area contributed by atoms with Crippen LogP contribution in [0.25, 0.3) is 0 Å². The highest BCUT2D eigenvalue weighted by atomic mass is 16.4. The van der Waals surface area contributed by atoms with Crippen LogP contribution in [0.3, 0.4) is 0 Å². The van der Waals surface area contributed by atoms with Crippen LogP contribution >= 0.6 is 0 Å². The van der Waals surface area contributed by atoms with Gasteiger partial charge in [-0.15, -0.1) is 0 Å². The van der Waals surface area contributed by atoms with E-state index in [1.165, 1.54) is 12.1 Å². The van der Waals surface area contributed by atoms with Crippen LogP contribution in [0, 0.1) is 0 Å². The molecule has 0 aromatic carbocycles. The van der Waals surface area contributed by atoms with Crippen molar-refractivity contribution in [1.82, 2.24) is 9.78 Å². The molecule has 0 amide bonds. The number of hydrogen-bond donors (Lipinski definition) is 1. The van der Waals surface area contributed by atoms with Crippen molar-refractivity contribution in [2.75, 3.05) is 0 Å². The minimum atomic E-state index is -0.792. The fourth-order valence-electron chi connectivity index (χ4n) is 2.30. The van der Waals surface area contributed by atoms with Gasteiger partial charge in [0.15, 0.2) is 0 Å². The van der Waals surface area contributed by atoms with Crippen LogP contribution in [0.1, 0.15) is 36.7 Å². The summed E-state index contributed by atoms with van der Waals surface area (Å²) >= 11 is 0. The molecule has 0 bridgehead atoms. The van der Waals surface area contributed by atoms with E-state index in [2.05, 4.69) is 12.0 Å². The molecule has 4 heteroatoms. The van der Waals surface area contributed by atoms with Gasteiger partial charge in [-0.05, 0) is 31.2 Å². The average Bonchev–Trinajstić information content (AvgIpc) is 2.53. The molecule has 4 nitrogen and oxygen atoms in total. The van der Waals surface area contributed by atoms with E-state index in [9.17, 15) is 4.79 Å². The second-order valence-corrected chi connectivity index (χ2v) is 3.98. The summed E-state index contributed by atoms with van der Waals surface area (Å²) in [6.07, 6.45) is 4.35. The number of aromatic nitrogens is 2. The SMILES string of the molecule is CCc1c(CC(=O)O)nn2c1CCCC2. The molecule has 1 N–H and O–H groups in total. The number of fused-ring (bicyclic) bond motifs is 1. The van der Waals surface area contributed by atoms with Crippen molar-refractivity contribution in [2.45, 2.75) is 45.6 Å². The highest BCUT2D eigenvalue weighted by molar-refractivity contribution is 5.70. The van der Waals surface area contributed by atoms with E-state index < -0.39 is 5.97 Å². The lowest BCUT2D eigenvalue weighted by Gasteiger charge is -2.13. The van der Waals surface area contributed by atoms with Gasteiger partial charge in [-0.25, -0.2) is 0 Å². The Morgan fingerprint density at radius 1 is 1.53 bits per heavy atom. The molecule has 0 atom stereocenters. The van der Waals surface area contributed by atoms with Crippen molar-refractivity contribution in [2.24, 2.45) is 0 Å². The van der Waals surface area contributed by atoms with Crippen LogP contribution in [0.4, 0.5) is 0 Å². The van der Waals surface area contributed by atoms with Crippen molar-refractivity contribution in [3.05, 3.63) is 17.0 Å². The van der Waals surface area contributed by atoms with Gasteiger partial charge in [-0.3, -0.25) is 9.48 Å². The summed E-state index contributed by atoms with van der Waals surface area (Å²) in [5.41, 5.74) is 3.19. The third kappa shape index (κ3) is 1.89. The van der Waals surface area contributed by atoms with Gasteiger partial charge in [-0.2, -0.15) is 5.10 Å². The molecule has 1 aromatic heterocycles. The van der Waals surface area contributed by atoms with Gasteiger partial charge >= 0.3 is 5.97 Å². The Bertz CT molecular complexity index is 382. The maximum Gasteiger partial charge on any atom is 0.309 e. The second kappa shape index (κ2) is 4.04. The predicted octanol–water partition coefficient (Wildman–Crippen LogP) is 1.41. The van der Waals surface area contributed by atoms with Gasteiger partial charge in [0.25, 0.3) is 0 Å². The smallest absolute Gasteiger partial charge is 0.309 e. The first-order valence-electron chi connectivity index (χ1n) is 5.51.